The van der Waals surface area contributed by atoms with Crippen LogP contribution in [0.4, 0.5) is 0 Å². The van der Waals surface area contributed by atoms with Gasteiger partial charge < -0.3 is 14.3 Å². The van der Waals surface area contributed by atoms with Gasteiger partial charge in [0.05, 0.1) is 5.97 Å². The molecule has 0 saturated heterocycles. The molecule has 0 amide bonds. The van der Waals surface area contributed by atoms with E-state index in [0.717, 1.165) is 17.3 Å². The van der Waals surface area contributed by atoms with Crippen LogP contribution in [0.15, 0.2) is 38.8 Å². The number of carbonyl (C=O) groups excluding carboxylic acids is 1. The second-order valence-corrected chi connectivity index (χ2v) is 6.03. The average molecular weight is 317 g/mol. The number of hydrogen-bond acceptors (Lipinski definition) is 6. The smallest absolute Gasteiger partial charge is 0.281 e. The number of aryl methyl sites for hydroxylation is 1. The molecule has 2 aromatic rings. The number of rotatable bonds is 6. The van der Waals surface area contributed by atoms with Gasteiger partial charge in [0.15, 0.2) is 0 Å². The molecule has 1 heterocycles. The highest BCUT2D eigenvalue weighted by Crippen LogP contribution is 2.27. The Hall–Kier alpha value is -2.08. The predicted octanol–water partition coefficient (Wildman–Crippen LogP) is 2.64. The summed E-state index contributed by atoms with van der Waals surface area (Å²) in [6.45, 7) is 6.09. The van der Waals surface area contributed by atoms with E-state index in [1.165, 1.54) is 5.56 Å². The maximum Gasteiger partial charge on any atom is 0.281 e. The maximum atomic E-state index is 11.3. The second kappa shape index (κ2) is 7.26. The van der Waals surface area contributed by atoms with Crippen molar-refractivity contribution in [2.24, 2.45) is 0 Å². The third kappa shape index (κ3) is 4.21. The Morgan fingerprint density at radius 2 is 2.00 bits per heavy atom. The molecule has 0 fully saturated rings. The number of benzene rings is 1. The van der Waals surface area contributed by atoms with Gasteiger partial charge in [0.1, 0.15) is 0 Å². The lowest BCUT2D eigenvalue weighted by Gasteiger charge is -2.07. The molecule has 2 rings (SSSR count). The van der Waals surface area contributed by atoms with Crippen molar-refractivity contribution in [2.45, 2.75) is 38.3 Å². The summed E-state index contributed by atoms with van der Waals surface area (Å²) in [6.07, 6.45) is 2.15. The highest BCUT2D eigenvalue weighted by molar-refractivity contribution is 8.03. The summed E-state index contributed by atoms with van der Waals surface area (Å²) in [4.78, 5) is 11.3. The van der Waals surface area contributed by atoms with Gasteiger partial charge in [0.25, 0.3) is 5.22 Å². The molecule has 116 valence electrons. The average Bonchev–Trinajstić information content (AvgIpc) is 2.94. The molecule has 0 saturated carbocycles. The van der Waals surface area contributed by atoms with E-state index in [0.29, 0.717) is 18.2 Å². The molecule has 0 aliphatic heterocycles. The lowest BCUT2D eigenvalue weighted by Crippen LogP contribution is -2.23. The van der Waals surface area contributed by atoms with E-state index in [2.05, 4.69) is 24.0 Å². The number of aromatic nitrogens is 2. The van der Waals surface area contributed by atoms with Gasteiger partial charge in [0.2, 0.25) is 5.89 Å². The number of carboxylic acids is 1. The Morgan fingerprint density at radius 3 is 2.50 bits per heavy atom. The zero-order valence-electron chi connectivity index (χ0n) is 12.7. The van der Waals surface area contributed by atoms with Gasteiger partial charge in [-0.2, -0.15) is 0 Å². The summed E-state index contributed by atoms with van der Waals surface area (Å²) in [5.74, 6) is -0.366. The standard InChI is InChI=1S/C16H18N2O3S/c1-4-14-17-18-16(21-14)22-13(15(19)20)9-11-5-7-12(8-6-11)10(2)3/h5-10H,4H2,1-3H3,(H,19,20)/p-1/b13-9+. The first-order valence-electron chi connectivity index (χ1n) is 7.02. The van der Waals surface area contributed by atoms with E-state index in [9.17, 15) is 9.90 Å². The number of aliphatic carboxylic acids is 1. The van der Waals surface area contributed by atoms with Gasteiger partial charge in [-0.1, -0.05) is 45.0 Å². The summed E-state index contributed by atoms with van der Waals surface area (Å²) in [5, 5.41) is 19.1. The molecule has 0 unspecified atom stereocenters. The minimum atomic E-state index is -1.27. The van der Waals surface area contributed by atoms with Crippen LogP contribution in [0.1, 0.15) is 43.7 Å². The molecule has 0 bridgehead atoms. The van der Waals surface area contributed by atoms with Crippen LogP contribution in [0.25, 0.3) is 6.08 Å². The molecule has 0 spiro atoms. The number of thioether (sulfide) groups is 1. The number of carbonyl (C=O) groups is 1. The molecule has 0 N–H and O–H groups in total. The predicted molar refractivity (Wildman–Crippen MR) is 83.0 cm³/mol. The molecule has 1 aromatic carbocycles. The lowest BCUT2D eigenvalue weighted by molar-refractivity contribution is -0.298. The van der Waals surface area contributed by atoms with Gasteiger partial charge >= 0.3 is 0 Å². The fourth-order valence-corrected chi connectivity index (χ4v) is 2.46. The fraction of sp³-hybridized carbons (Fsp3) is 0.312. The second-order valence-electron chi connectivity index (χ2n) is 5.03. The van der Waals surface area contributed by atoms with E-state index in [4.69, 9.17) is 4.42 Å². The van der Waals surface area contributed by atoms with Crippen LogP contribution in [-0.2, 0) is 11.2 Å². The van der Waals surface area contributed by atoms with E-state index in [1.807, 2.05) is 31.2 Å². The molecule has 0 aliphatic rings. The first kappa shape index (κ1) is 16.3. The molecular weight excluding hydrogens is 300 g/mol. The van der Waals surface area contributed by atoms with Crippen LogP contribution in [-0.4, -0.2) is 16.2 Å². The zero-order chi connectivity index (χ0) is 16.1. The first-order valence-corrected chi connectivity index (χ1v) is 7.84. The van der Waals surface area contributed by atoms with Crippen LogP contribution in [0.5, 0.6) is 0 Å². The maximum absolute atomic E-state index is 11.3. The molecule has 0 atom stereocenters. The van der Waals surface area contributed by atoms with Crippen molar-refractivity contribution >= 4 is 23.8 Å². The molecular formula is C16H17N2O3S-. The van der Waals surface area contributed by atoms with Crippen molar-refractivity contribution in [1.29, 1.82) is 0 Å². The van der Waals surface area contributed by atoms with Gasteiger partial charge in [-0.15, -0.1) is 10.2 Å². The van der Waals surface area contributed by atoms with E-state index in [-0.39, 0.29) is 10.1 Å². The number of carboxylic acid groups (broad SMARTS) is 1. The molecule has 1 aromatic heterocycles. The third-order valence-electron chi connectivity index (χ3n) is 3.05. The number of nitrogens with zero attached hydrogens (tertiary/aromatic N) is 2. The van der Waals surface area contributed by atoms with E-state index in [1.54, 1.807) is 6.08 Å². The van der Waals surface area contributed by atoms with Crippen LogP contribution in [0.3, 0.4) is 0 Å². The summed E-state index contributed by atoms with van der Waals surface area (Å²) in [5.41, 5.74) is 1.98. The van der Waals surface area contributed by atoms with Gasteiger partial charge in [-0.25, -0.2) is 0 Å². The van der Waals surface area contributed by atoms with Crippen LogP contribution >= 0.6 is 11.8 Å². The van der Waals surface area contributed by atoms with E-state index >= 15 is 0 Å². The lowest BCUT2D eigenvalue weighted by atomic mass is 10.0. The topological polar surface area (TPSA) is 79.0 Å². The summed E-state index contributed by atoms with van der Waals surface area (Å²) in [6, 6.07) is 7.72. The van der Waals surface area contributed by atoms with Crippen molar-refractivity contribution in [3.8, 4) is 0 Å². The minimum absolute atomic E-state index is 0.0311. The Kier molecular flexibility index (Phi) is 5.38. The highest BCUT2D eigenvalue weighted by atomic mass is 32.2. The largest absolute Gasteiger partial charge is 0.544 e. The van der Waals surface area contributed by atoms with Crippen molar-refractivity contribution in [2.75, 3.05) is 0 Å². The molecule has 5 nitrogen and oxygen atoms in total. The van der Waals surface area contributed by atoms with Crippen LogP contribution in [0.2, 0.25) is 0 Å². The minimum Gasteiger partial charge on any atom is -0.544 e. The summed E-state index contributed by atoms with van der Waals surface area (Å²) in [7, 11) is 0. The van der Waals surface area contributed by atoms with Crippen molar-refractivity contribution < 1.29 is 14.3 Å². The number of hydrogen-bond donors (Lipinski definition) is 0. The quantitative estimate of drug-likeness (QED) is 0.602. The monoisotopic (exact) mass is 317 g/mol. The fourth-order valence-electron chi connectivity index (χ4n) is 1.77. The zero-order valence-corrected chi connectivity index (χ0v) is 13.5. The van der Waals surface area contributed by atoms with Crippen LogP contribution in [0, 0.1) is 0 Å². The molecule has 0 radical (unpaired) electrons. The van der Waals surface area contributed by atoms with Gasteiger partial charge in [-0.3, -0.25) is 0 Å². The SMILES string of the molecule is CCc1nnc(S/C(=C/c2ccc(C(C)C)cc2)C(=O)[O-])o1. The Bertz CT molecular complexity index is 675. The van der Waals surface area contributed by atoms with Crippen molar-refractivity contribution in [3.63, 3.8) is 0 Å². The summed E-state index contributed by atoms with van der Waals surface area (Å²) < 4.78 is 5.31. The molecule has 0 aliphatic carbocycles. The third-order valence-corrected chi connectivity index (χ3v) is 3.89. The normalized spacial score (nSPS) is 11.9. The Morgan fingerprint density at radius 1 is 1.32 bits per heavy atom. The molecule has 22 heavy (non-hydrogen) atoms. The van der Waals surface area contributed by atoms with E-state index < -0.39 is 5.97 Å². The first-order chi connectivity index (χ1) is 10.5. The van der Waals surface area contributed by atoms with Crippen molar-refractivity contribution in [3.05, 3.63) is 46.2 Å². The van der Waals surface area contributed by atoms with Crippen molar-refractivity contribution in [1.82, 2.24) is 10.2 Å². The Labute approximate surface area is 133 Å². The van der Waals surface area contributed by atoms with Gasteiger partial charge in [0, 0.05) is 11.3 Å². The van der Waals surface area contributed by atoms with Gasteiger partial charge in [-0.05, 0) is 34.9 Å². The van der Waals surface area contributed by atoms with Crippen LogP contribution < -0.4 is 5.11 Å². The molecule has 6 heteroatoms. The highest BCUT2D eigenvalue weighted by Gasteiger charge is 2.10. The summed E-state index contributed by atoms with van der Waals surface area (Å²) >= 11 is 0.897. The Balaban J connectivity index is 2.21.